The van der Waals surface area contributed by atoms with Crippen molar-refractivity contribution >= 4 is 0 Å². The number of pyridine rings is 1. The van der Waals surface area contributed by atoms with Crippen LogP contribution in [-0.4, -0.2) is 24.2 Å². The molecule has 4 nitrogen and oxygen atoms in total. The number of nitrogens with zero attached hydrogens (tertiary/aromatic N) is 1. The van der Waals surface area contributed by atoms with E-state index in [1.807, 2.05) is 48.7 Å². The van der Waals surface area contributed by atoms with Crippen molar-refractivity contribution in [2.75, 3.05) is 13.1 Å². The van der Waals surface area contributed by atoms with Crippen molar-refractivity contribution in [2.45, 2.75) is 25.7 Å². The highest BCUT2D eigenvalue weighted by Crippen LogP contribution is 2.22. The predicted octanol–water partition coefficient (Wildman–Crippen LogP) is 2.71. The molecule has 21 heavy (non-hydrogen) atoms. The Labute approximate surface area is 125 Å². The predicted molar refractivity (Wildman–Crippen MR) is 81.2 cm³/mol. The molecule has 0 spiro atoms. The Hall–Kier alpha value is -1.91. The zero-order valence-electron chi connectivity index (χ0n) is 12.2. The van der Waals surface area contributed by atoms with Gasteiger partial charge >= 0.3 is 0 Å². The molecule has 1 aliphatic heterocycles. The number of morpholine rings is 1. The van der Waals surface area contributed by atoms with Crippen LogP contribution >= 0.6 is 0 Å². The van der Waals surface area contributed by atoms with Gasteiger partial charge in [0.15, 0.2) is 0 Å². The van der Waals surface area contributed by atoms with E-state index in [9.17, 15) is 0 Å². The molecule has 1 aliphatic rings. The maximum atomic E-state index is 5.90. The number of hydrogen-bond acceptors (Lipinski definition) is 4. The fraction of sp³-hybridized carbons (Fsp3) is 0.353. The van der Waals surface area contributed by atoms with Gasteiger partial charge in [-0.05, 0) is 18.6 Å². The summed E-state index contributed by atoms with van der Waals surface area (Å²) in [5, 5.41) is 3.36. The minimum Gasteiger partial charge on any atom is -0.473 e. The molecule has 4 heteroatoms. The summed E-state index contributed by atoms with van der Waals surface area (Å²) in [5.74, 6) is 0.638. The first kappa shape index (κ1) is 14.0. The van der Waals surface area contributed by atoms with Crippen molar-refractivity contribution in [1.29, 1.82) is 0 Å². The van der Waals surface area contributed by atoms with Crippen molar-refractivity contribution in [3.63, 3.8) is 0 Å². The van der Waals surface area contributed by atoms with Crippen LogP contribution in [0.3, 0.4) is 0 Å². The van der Waals surface area contributed by atoms with Crippen molar-refractivity contribution in [3.8, 4) is 5.88 Å². The average molecular weight is 284 g/mol. The number of hydrogen-bond donors (Lipinski definition) is 1. The van der Waals surface area contributed by atoms with Crippen LogP contribution in [0.4, 0.5) is 0 Å². The summed E-state index contributed by atoms with van der Waals surface area (Å²) >= 11 is 0. The lowest BCUT2D eigenvalue weighted by Gasteiger charge is -2.28. The molecule has 2 atom stereocenters. The molecule has 0 saturated carbocycles. The van der Waals surface area contributed by atoms with E-state index in [0.717, 1.165) is 24.2 Å². The molecule has 0 amide bonds. The van der Waals surface area contributed by atoms with Gasteiger partial charge in [-0.25, -0.2) is 4.98 Å². The van der Waals surface area contributed by atoms with E-state index < -0.39 is 0 Å². The van der Waals surface area contributed by atoms with Gasteiger partial charge in [0.1, 0.15) is 6.61 Å². The summed E-state index contributed by atoms with van der Waals surface area (Å²) < 4.78 is 11.6. The van der Waals surface area contributed by atoms with Gasteiger partial charge in [-0.15, -0.1) is 0 Å². The minimum atomic E-state index is 0.0735. The fourth-order valence-corrected chi connectivity index (χ4v) is 2.39. The number of aromatic nitrogens is 1. The summed E-state index contributed by atoms with van der Waals surface area (Å²) in [6, 6.07) is 14.0. The normalized spacial score (nSPS) is 22.0. The quantitative estimate of drug-likeness (QED) is 0.937. The molecule has 2 unspecified atom stereocenters. The zero-order valence-corrected chi connectivity index (χ0v) is 12.2. The molecule has 2 heterocycles. The maximum Gasteiger partial charge on any atom is 0.213 e. The van der Waals surface area contributed by atoms with E-state index in [0.29, 0.717) is 12.5 Å². The van der Waals surface area contributed by atoms with Gasteiger partial charge in [0.05, 0.1) is 12.2 Å². The molecule has 1 saturated heterocycles. The molecule has 0 radical (unpaired) electrons. The van der Waals surface area contributed by atoms with Crippen molar-refractivity contribution in [3.05, 3.63) is 59.8 Å². The van der Waals surface area contributed by atoms with Crippen LogP contribution in [0, 0.1) is 0 Å². The Morgan fingerprint density at radius 1 is 1.19 bits per heavy atom. The Morgan fingerprint density at radius 2 is 2.05 bits per heavy atom. The lowest BCUT2D eigenvalue weighted by Crippen LogP contribution is -2.38. The topological polar surface area (TPSA) is 43.4 Å². The Balaban J connectivity index is 1.59. The van der Waals surface area contributed by atoms with Crippen LogP contribution in [0.15, 0.2) is 48.7 Å². The number of benzene rings is 1. The summed E-state index contributed by atoms with van der Waals surface area (Å²) in [4.78, 5) is 4.36. The number of rotatable bonds is 4. The monoisotopic (exact) mass is 284 g/mol. The van der Waals surface area contributed by atoms with Crippen LogP contribution in [0.25, 0.3) is 0 Å². The average Bonchev–Trinajstić information content (AvgIpc) is 2.54. The van der Waals surface area contributed by atoms with Gasteiger partial charge in [0.2, 0.25) is 5.88 Å². The van der Waals surface area contributed by atoms with Crippen LogP contribution in [0.5, 0.6) is 5.88 Å². The zero-order chi connectivity index (χ0) is 14.5. The molecule has 110 valence electrons. The molecule has 1 N–H and O–H groups in total. The standard InChI is InChI=1S/C17H20N2O2/c1-13-9-18-11-16(21-13)15-7-8-17(19-10-15)20-12-14-5-3-2-4-6-14/h2-8,10,13,16,18H,9,11-12H2,1H3. The molecule has 1 fully saturated rings. The van der Waals surface area contributed by atoms with Gasteiger partial charge in [-0.2, -0.15) is 0 Å². The molecule has 0 bridgehead atoms. The van der Waals surface area contributed by atoms with Crippen LogP contribution in [0.2, 0.25) is 0 Å². The van der Waals surface area contributed by atoms with Gasteiger partial charge in [0.25, 0.3) is 0 Å². The smallest absolute Gasteiger partial charge is 0.213 e. The van der Waals surface area contributed by atoms with Crippen LogP contribution in [0.1, 0.15) is 24.2 Å². The highest BCUT2D eigenvalue weighted by Gasteiger charge is 2.20. The van der Waals surface area contributed by atoms with Crippen molar-refractivity contribution < 1.29 is 9.47 Å². The first-order chi connectivity index (χ1) is 10.3. The first-order valence-corrected chi connectivity index (χ1v) is 7.30. The van der Waals surface area contributed by atoms with E-state index >= 15 is 0 Å². The second kappa shape index (κ2) is 6.70. The lowest BCUT2D eigenvalue weighted by atomic mass is 10.1. The second-order valence-electron chi connectivity index (χ2n) is 5.30. The number of ether oxygens (including phenoxy) is 2. The van der Waals surface area contributed by atoms with Gasteiger partial charge in [-0.1, -0.05) is 30.3 Å². The summed E-state index contributed by atoms with van der Waals surface area (Å²) in [5.41, 5.74) is 2.22. The molecule has 2 aromatic rings. The highest BCUT2D eigenvalue weighted by atomic mass is 16.5. The summed E-state index contributed by atoms with van der Waals surface area (Å²) in [7, 11) is 0. The molecule has 3 rings (SSSR count). The summed E-state index contributed by atoms with van der Waals surface area (Å²) in [6.45, 7) is 4.34. The van der Waals surface area contributed by atoms with Crippen molar-refractivity contribution in [2.24, 2.45) is 0 Å². The largest absolute Gasteiger partial charge is 0.473 e. The summed E-state index contributed by atoms with van der Waals surface area (Å²) in [6.07, 6.45) is 2.15. The third kappa shape index (κ3) is 3.80. The van der Waals surface area contributed by atoms with E-state index in [4.69, 9.17) is 9.47 Å². The third-order valence-corrected chi connectivity index (χ3v) is 3.52. The van der Waals surface area contributed by atoms with E-state index in [-0.39, 0.29) is 12.2 Å². The Bertz CT molecular complexity index is 557. The molecular weight excluding hydrogens is 264 g/mol. The first-order valence-electron chi connectivity index (χ1n) is 7.30. The van der Waals surface area contributed by atoms with Crippen LogP contribution in [-0.2, 0) is 11.3 Å². The second-order valence-corrected chi connectivity index (χ2v) is 5.30. The van der Waals surface area contributed by atoms with E-state index in [2.05, 4.69) is 17.2 Å². The SMILES string of the molecule is CC1CNCC(c2ccc(OCc3ccccc3)nc2)O1. The molecular formula is C17H20N2O2. The lowest BCUT2D eigenvalue weighted by molar-refractivity contribution is -0.0289. The van der Waals surface area contributed by atoms with Crippen LogP contribution < -0.4 is 10.1 Å². The van der Waals surface area contributed by atoms with Gasteiger partial charge in [-0.3, -0.25) is 0 Å². The Kier molecular flexibility index (Phi) is 4.48. The molecule has 0 aliphatic carbocycles. The highest BCUT2D eigenvalue weighted by molar-refractivity contribution is 5.21. The minimum absolute atomic E-state index is 0.0735. The third-order valence-electron chi connectivity index (χ3n) is 3.52. The van der Waals surface area contributed by atoms with Gasteiger partial charge in [0, 0.05) is 30.9 Å². The van der Waals surface area contributed by atoms with E-state index in [1.54, 1.807) is 0 Å². The number of nitrogens with one attached hydrogen (secondary N) is 1. The van der Waals surface area contributed by atoms with E-state index in [1.165, 1.54) is 0 Å². The maximum absolute atomic E-state index is 5.90. The van der Waals surface area contributed by atoms with Crippen molar-refractivity contribution in [1.82, 2.24) is 10.3 Å². The fourth-order valence-electron chi connectivity index (χ4n) is 2.39. The van der Waals surface area contributed by atoms with Gasteiger partial charge < -0.3 is 14.8 Å². The molecule has 1 aromatic carbocycles. The molecule has 1 aromatic heterocycles. The Morgan fingerprint density at radius 3 is 2.76 bits per heavy atom.